The van der Waals surface area contributed by atoms with Gasteiger partial charge in [0, 0.05) is 44.2 Å². The Hall–Kier alpha value is -1.11. The summed E-state index contributed by atoms with van der Waals surface area (Å²) in [5, 5.41) is 12.0. The van der Waals surface area contributed by atoms with Crippen molar-refractivity contribution >= 4 is 17.7 Å². The number of aromatic carboxylic acids is 1. The molecule has 20 heavy (non-hydrogen) atoms. The minimum absolute atomic E-state index is 0.278. The topological polar surface area (TPSA) is 52.6 Å². The summed E-state index contributed by atoms with van der Waals surface area (Å²) in [5.74, 6) is 0.485. The van der Waals surface area contributed by atoms with Gasteiger partial charge in [-0.25, -0.2) is 9.18 Å². The van der Waals surface area contributed by atoms with Crippen LogP contribution < -0.4 is 5.32 Å². The third-order valence-corrected chi connectivity index (χ3v) is 4.24. The standard InChI is InChI=1S/C14H19FN2O2S/c15-13-9-11(1-2-12(13)14(18)19)10-16-3-4-17-5-7-20-8-6-17/h1-2,9,16H,3-8,10H2,(H,18,19). The van der Waals surface area contributed by atoms with E-state index >= 15 is 0 Å². The second kappa shape index (κ2) is 7.61. The summed E-state index contributed by atoms with van der Waals surface area (Å²) in [6.45, 7) is 4.67. The summed E-state index contributed by atoms with van der Waals surface area (Å²) in [7, 11) is 0. The summed E-state index contributed by atoms with van der Waals surface area (Å²) in [5.41, 5.74) is 0.487. The molecule has 0 radical (unpaired) electrons. The zero-order valence-electron chi connectivity index (χ0n) is 11.3. The SMILES string of the molecule is O=C(O)c1ccc(CNCCN2CCSCC2)cc1F. The lowest BCUT2D eigenvalue weighted by atomic mass is 10.1. The van der Waals surface area contributed by atoms with Crippen LogP contribution in [0.4, 0.5) is 4.39 Å². The largest absolute Gasteiger partial charge is 0.478 e. The molecule has 0 unspecified atom stereocenters. The zero-order chi connectivity index (χ0) is 14.4. The van der Waals surface area contributed by atoms with Crippen molar-refractivity contribution in [3.8, 4) is 0 Å². The number of hydrogen-bond acceptors (Lipinski definition) is 4. The lowest BCUT2D eigenvalue weighted by Gasteiger charge is -2.26. The van der Waals surface area contributed by atoms with E-state index < -0.39 is 11.8 Å². The Balaban J connectivity index is 1.73. The first-order valence-corrected chi connectivity index (χ1v) is 7.85. The Morgan fingerprint density at radius 2 is 2.15 bits per heavy atom. The lowest BCUT2D eigenvalue weighted by molar-refractivity contribution is 0.0692. The van der Waals surface area contributed by atoms with E-state index in [1.54, 1.807) is 6.07 Å². The van der Waals surface area contributed by atoms with E-state index in [1.807, 2.05) is 11.8 Å². The molecule has 6 heteroatoms. The Morgan fingerprint density at radius 3 is 2.80 bits per heavy atom. The van der Waals surface area contributed by atoms with E-state index in [1.165, 1.54) is 23.6 Å². The molecule has 0 aliphatic carbocycles. The minimum Gasteiger partial charge on any atom is -0.478 e. The van der Waals surface area contributed by atoms with Crippen LogP contribution in [0, 0.1) is 5.82 Å². The Labute approximate surface area is 122 Å². The van der Waals surface area contributed by atoms with Gasteiger partial charge in [0.25, 0.3) is 0 Å². The molecule has 0 atom stereocenters. The number of halogens is 1. The maximum absolute atomic E-state index is 13.5. The molecule has 0 spiro atoms. The van der Waals surface area contributed by atoms with Gasteiger partial charge >= 0.3 is 5.97 Å². The van der Waals surface area contributed by atoms with E-state index in [0.29, 0.717) is 6.54 Å². The van der Waals surface area contributed by atoms with Crippen molar-refractivity contribution in [2.75, 3.05) is 37.7 Å². The summed E-state index contributed by atoms with van der Waals surface area (Å²) >= 11 is 1.99. The highest BCUT2D eigenvalue weighted by Crippen LogP contribution is 2.11. The highest BCUT2D eigenvalue weighted by molar-refractivity contribution is 7.99. The van der Waals surface area contributed by atoms with Crippen LogP contribution in [0.1, 0.15) is 15.9 Å². The van der Waals surface area contributed by atoms with E-state index in [0.717, 1.165) is 31.7 Å². The number of hydrogen-bond donors (Lipinski definition) is 2. The predicted octanol–water partition coefficient (Wildman–Crippen LogP) is 1.66. The fourth-order valence-electron chi connectivity index (χ4n) is 2.14. The molecule has 4 nitrogen and oxygen atoms in total. The van der Waals surface area contributed by atoms with Crippen LogP contribution in [0.2, 0.25) is 0 Å². The van der Waals surface area contributed by atoms with Gasteiger partial charge in [0.1, 0.15) is 5.82 Å². The fourth-order valence-corrected chi connectivity index (χ4v) is 3.12. The molecule has 1 saturated heterocycles. The van der Waals surface area contributed by atoms with Crippen molar-refractivity contribution in [2.45, 2.75) is 6.54 Å². The molecular formula is C14H19FN2O2S. The van der Waals surface area contributed by atoms with Gasteiger partial charge in [-0.3, -0.25) is 0 Å². The first kappa shape index (κ1) is 15.3. The van der Waals surface area contributed by atoms with Crippen LogP contribution in [0.15, 0.2) is 18.2 Å². The molecule has 1 aliphatic heterocycles. The Kier molecular flexibility index (Phi) is 5.82. The maximum Gasteiger partial charge on any atom is 0.338 e. The normalized spacial score (nSPS) is 16.2. The summed E-state index contributed by atoms with van der Waals surface area (Å²) < 4.78 is 13.5. The third kappa shape index (κ3) is 4.47. The van der Waals surface area contributed by atoms with Crippen LogP contribution in [0.3, 0.4) is 0 Å². The molecule has 2 rings (SSSR count). The van der Waals surface area contributed by atoms with Gasteiger partial charge in [-0.15, -0.1) is 0 Å². The molecular weight excluding hydrogens is 279 g/mol. The monoisotopic (exact) mass is 298 g/mol. The van der Waals surface area contributed by atoms with Crippen molar-refractivity contribution in [2.24, 2.45) is 0 Å². The number of benzene rings is 1. The first-order valence-electron chi connectivity index (χ1n) is 6.69. The average molecular weight is 298 g/mol. The van der Waals surface area contributed by atoms with Gasteiger partial charge in [0.15, 0.2) is 0 Å². The van der Waals surface area contributed by atoms with Crippen molar-refractivity contribution in [3.63, 3.8) is 0 Å². The smallest absolute Gasteiger partial charge is 0.338 e. The number of rotatable bonds is 6. The summed E-state index contributed by atoms with van der Waals surface area (Å²) in [6, 6.07) is 4.25. The van der Waals surface area contributed by atoms with E-state index in [4.69, 9.17) is 5.11 Å². The molecule has 1 aromatic rings. The minimum atomic E-state index is -1.23. The van der Waals surface area contributed by atoms with Gasteiger partial charge in [-0.1, -0.05) is 6.07 Å². The second-order valence-corrected chi connectivity index (χ2v) is 5.97. The van der Waals surface area contributed by atoms with E-state index in [-0.39, 0.29) is 5.56 Å². The van der Waals surface area contributed by atoms with Crippen LogP contribution in [0.5, 0.6) is 0 Å². The van der Waals surface area contributed by atoms with Gasteiger partial charge in [0.05, 0.1) is 5.56 Å². The first-order chi connectivity index (χ1) is 9.66. The van der Waals surface area contributed by atoms with Crippen molar-refractivity contribution in [3.05, 3.63) is 35.1 Å². The molecule has 2 N–H and O–H groups in total. The number of nitrogens with one attached hydrogen (secondary N) is 1. The van der Waals surface area contributed by atoms with Crippen molar-refractivity contribution < 1.29 is 14.3 Å². The number of carboxylic acids is 1. The second-order valence-electron chi connectivity index (χ2n) is 4.75. The van der Waals surface area contributed by atoms with E-state index in [2.05, 4.69) is 10.2 Å². The number of nitrogens with zero attached hydrogens (tertiary/aromatic N) is 1. The average Bonchev–Trinajstić information content (AvgIpc) is 2.44. The molecule has 110 valence electrons. The molecule has 0 aromatic heterocycles. The molecule has 1 aliphatic rings. The van der Waals surface area contributed by atoms with Crippen molar-refractivity contribution in [1.29, 1.82) is 0 Å². The maximum atomic E-state index is 13.5. The van der Waals surface area contributed by atoms with E-state index in [9.17, 15) is 9.18 Å². The highest BCUT2D eigenvalue weighted by atomic mass is 32.2. The Bertz CT molecular complexity index is 464. The van der Waals surface area contributed by atoms with Gasteiger partial charge in [-0.05, 0) is 17.7 Å². The molecule has 0 saturated carbocycles. The van der Waals surface area contributed by atoms with Gasteiger partial charge in [-0.2, -0.15) is 11.8 Å². The molecule has 1 fully saturated rings. The van der Waals surface area contributed by atoms with Gasteiger partial charge in [0.2, 0.25) is 0 Å². The predicted molar refractivity (Wildman–Crippen MR) is 78.8 cm³/mol. The molecule has 1 aromatic carbocycles. The Morgan fingerprint density at radius 1 is 1.40 bits per heavy atom. The summed E-state index contributed by atoms with van der Waals surface area (Å²) in [4.78, 5) is 13.1. The quantitative estimate of drug-likeness (QED) is 0.782. The number of carboxylic acid groups (broad SMARTS) is 1. The molecule has 0 amide bonds. The number of carbonyl (C=O) groups is 1. The third-order valence-electron chi connectivity index (χ3n) is 3.30. The summed E-state index contributed by atoms with van der Waals surface area (Å²) in [6.07, 6.45) is 0. The van der Waals surface area contributed by atoms with Crippen LogP contribution >= 0.6 is 11.8 Å². The molecule has 1 heterocycles. The lowest BCUT2D eigenvalue weighted by Crippen LogP contribution is -2.37. The molecule has 0 bridgehead atoms. The fraction of sp³-hybridized carbons (Fsp3) is 0.500. The van der Waals surface area contributed by atoms with Crippen molar-refractivity contribution in [1.82, 2.24) is 10.2 Å². The van der Waals surface area contributed by atoms with Crippen LogP contribution in [0.25, 0.3) is 0 Å². The van der Waals surface area contributed by atoms with Crippen LogP contribution in [-0.2, 0) is 6.54 Å². The zero-order valence-corrected chi connectivity index (χ0v) is 12.1. The van der Waals surface area contributed by atoms with Gasteiger partial charge < -0.3 is 15.3 Å². The van der Waals surface area contributed by atoms with Crippen LogP contribution in [-0.4, -0.2) is 53.7 Å². The highest BCUT2D eigenvalue weighted by Gasteiger charge is 2.11. The number of thioether (sulfide) groups is 1.